The van der Waals surface area contributed by atoms with Crippen LogP contribution < -0.4 is 5.73 Å². The fraction of sp³-hybridized carbons (Fsp3) is 0.0625. The number of aromatic amines is 1. The van der Waals surface area contributed by atoms with E-state index in [9.17, 15) is 4.79 Å². The Balaban J connectivity index is 2.21. The Bertz CT molecular complexity index is 820. The number of nitrogen functional groups attached to an aromatic ring is 1. The lowest BCUT2D eigenvalue weighted by Crippen LogP contribution is -2.05. The highest BCUT2D eigenvalue weighted by molar-refractivity contribution is 9.10. The smallest absolute Gasteiger partial charge is 0.195 e. The monoisotopic (exact) mass is 328 g/mol. The van der Waals surface area contributed by atoms with Crippen LogP contribution in [0.15, 0.2) is 47.1 Å². The number of carbonyl (C=O) groups excluding carboxylic acids is 1. The number of hydrogen-bond acceptors (Lipinski definition) is 2. The second-order valence-electron chi connectivity index (χ2n) is 4.71. The molecule has 0 unspecified atom stereocenters. The summed E-state index contributed by atoms with van der Waals surface area (Å²) < 4.78 is 0.904. The molecule has 2 aromatic carbocycles. The molecule has 0 radical (unpaired) electrons. The van der Waals surface area contributed by atoms with Crippen LogP contribution in [0.5, 0.6) is 0 Å². The summed E-state index contributed by atoms with van der Waals surface area (Å²) in [6.45, 7) is 1.87. The van der Waals surface area contributed by atoms with Gasteiger partial charge in [0.15, 0.2) is 5.78 Å². The fourth-order valence-electron chi connectivity index (χ4n) is 2.36. The lowest BCUT2D eigenvalue weighted by molar-refractivity contribution is 0.104. The van der Waals surface area contributed by atoms with Crippen molar-refractivity contribution >= 4 is 38.3 Å². The zero-order valence-electron chi connectivity index (χ0n) is 10.9. The highest BCUT2D eigenvalue weighted by atomic mass is 79.9. The Kier molecular flexibility index (Phi) is 3.10. The van der Waals surface area contributed by atoms with Crippen molar-refractivity contribution in [3.8, 4) is 0 Å². The molecule has 4 heteroatoms. The summed E-state index contributed by atoms with van der Waals surface area (Å²) >= 11 is 3.50. The van der Waals surface area contributed by atoms with Gasteiger partial charge in [-0.05, 0) is 30.7 Å². The van der Waals surface area contributed by atoms with Crippen LogP contribution in [0.4, 0.5) is 5.69 Å². The van der Waals surface area contributed by atoms with E-state index in [1.54, 1.807) is 18.3 Å². The second-order valence-corrected chi connectivity index (χ2v) is 5.57. The van der Waals surface area contributed by atoms with Gasteiger partial charge in [0.2, 0.25) is 0 Å². The molecule has 0 bridgehead atoms. The lowest BCUT2D eigenvalue weighted by atomic mass is 9.98. The summed E-state index contributed by atoms with van der Waals surface area (Å²) in [6, 6.07) is 11.2. The standard InChI is InChI=1S/C16H13BrN2O/c1-9-10(4-2-6-13(9)18)16(20)11-8-19-14-7-3-5-12(17)15(11)14/h2-8,19H,18H2,1H3. The number of H-pyrrole nitrogens is 1. The maximum Gasteiger partial charge on any atom is 0.195 e. The molecule has 0 aliphatic heterocycles. The topological polar surface area (TPSA) is 58.9 Å². The minimum atomic E-state index is -0.0204. The van der Waals surface area contributed by atoms with Gasteiger partial charge >= 0.3 is 0 Å². The molecule has 3 rings (SSSR count). The van der Waals surface area contributed by atoms with Gasteiger partial charge in [0.1, 0.15) is 0 Å². The Morgan fingerprint density at radius 3 is 2.70 bits per heavy atom. The number of halogens is 1. The summed E-state index contributed by atoms with van der Waals surface area (Å²) in [4.78, 5) is 15.9. The van der Waals surface area contributed by atoms with Gasteiger partial charge in [-0.25, -0.2) is 0 Å². The first-order valence-corrected chi connectivity index (χ1v) is 7.04. The van der Waals surface area contributed by atoms with Crippen LogP contribution in [0.2, 0.25) is 0 Å². The number of rotatable bonds is 2. The molecule has 100 valence electrons. The molecule has 3 aromatic rings. The Morgan fingerprint density at radius 1 is 1.15 bits per heavy atom. The van der Waals surface area contributed by atoms with E-state index in [1.165, 1.54) is 0 Å². The second kappa shape index (κ2) is 4.80. The molecule has 0 fully saturated rings. The van der Waals surface area contributed by atoms with Crippen molar-refractivity contribution in [2.24, 2.45) is 0 Å². The van der Waals surface area contributed by atoms with E-state index in [1.807, 2.05) is 31.2 Å². The van der Waals surface area contributed by atoms with Crippen LogP contribution in [-0.2, 0) is 0 Å². The van der Waals surface area contributed by atoms with Gasteiger partial charge in [-0.15, -0.1) is 0 Å². The molecule has 3 nitrogen and oxygen atoms in total. The average molecular weight is 329 g/mol. The predicted octanol–water partition coefficient (Wildman–Crippen LogP) is 4.05. The maximum atomic E-state index is 12.8. The Morgan fingerprint density at radius 2 is 1.90 bits per heavy atom. The molecule has 0 saturated heterocycles. The van der Waals surface area contributed by atoms with Crippen LogP contribution in [0.3, 0.4) is 0 Å². The molecule has 0 saturated carbocycles. The SMILES string of the molecule is Cc1c(N)cccc1C(=O)c1c[nH]c2cccc(Br)c12. The van der Waals surface area contributed by atoms with E-state index in [0.717, 1.165) is 20.9 Å². The van der Waals surface area contributed by atoms with Crippen molar-refractivity contribution in [2.75, 3.05) is 5.73 Å². The summed E-state index contributed by atoms with van der Waals surface area (Å²) in [5.41, 5.74) is 9.57. The molecule has 0 aliphatic rings. The van der Waals surface area contributed by atoms with Crippen molar-refractivity contribution in [3.05, 3.63) is 63.8 Å². The largest absolute Gasteiger partial charge is 0.398 e. The van der Waals surface area contributed by atoms with Crippen molar-refractivity contribution in [2.45, 2.75) is 6.92 Å². The molecular formula is C16H13BrN2O. The summed E-state index contributed by atoms with van der Waals surface area (Å²) in [5, 5.41) is 0.902. The first kappa shape index (κ1) is 12.9. The van der Waals surface area contributed by atoms with Crippen LogP contribution in [0, 0.1) is 6.92 Å². The summed E-state index contributed by atoms with van der Waals surface area (Å²) in [5.74, 6) is -0.0204. The number of ketones is 1. The number of carbonyl (C=O) groups is 1. The Labute approximate surface area is 124 Å². The Hall–Kier alpha value is -2.07. The number of fused-ring (bicyclic) bond motifs is 1. The van der Waals surface area contributed by atoms with Crippen LogP contribution >= 0.6 is 15.9 Å². The molecule has 1 heterocycles. The number of hydrogen-bond donors (Lipinski definition) is 2. The third-order valence-electron chi connectivity index (χ3n) is 3.52. The zero-order chi connectivity index (χ0) is 14.3. The van der Waals surface area contributed by atoms with Gasteiger partial charge in [-0.1, -0.05) is 34.1 Å². The first-order chi connectivity index (χ1) is 9.59. The molecule has 20 heavy (non-hydrogen) atoms. The van der Waals surface area contributed by atoms with E-state index >= 15 is 0 Å². The predicted molar refractivity (Wildman–Crippen MR) is 85.0 cm³/mol. The van der Waals surface area contributed by atoms with Crippen molar-refractivity contribution < 1.29 is 4.79 Å². The molecule has 3 N–H and O–H groups in total. The van der Waals surface area contributed by atoms with E-state index < -0.39 is 0 Å². The van der Waals surface area contributed by atoms with Crippen molar-refractivity contribution in [1.29, 1.82) is 0 Å². The molecule has 0 atom stereocenters. The summed E-state index contributed by atoms with van der Waals surface area (Å²) in [7, 11) is 0. The minimum absolute atomic E-state index is 0.0204. The van der Waals surface area contributed by atoms with Crippen molar-refractivity contribution in [1.82, 2.24) is 4.98 Å². The molecule has 0 spiro atoms. The highest BCUT2D eigenvalue weighted by Gasteiger charge is 2.18. The average Bonchev–Trinajstić information content (AvgIpc) is 2.86. The molecular weight excluding hydrogens is 316 g/mol. The lowest BCUT2D eigenvalue weighted by Gasteiger charge is -2.07. The van der Waals surface area contributed by atoms with Gasteiger partial charge in [-0.2, -0.15) is 0 Å². The normalized spacial score (nSPS) is 10.9. The number of nitrogens with two attached hydrogens (primary N) is 1. The van der Waals surface area contributed by atoms with E-state index in [4.69, 9.17) is 5.73 Å². The highest BCUT2D eigenvalue weighted by Crippen LogP contribution is 2.29. The van der Waals surface area contributed by atoms with Gasteiger partial charge in [-0.3, -0.25) is 4.79 Å². The number of anilines is 1. The third kappa shape index (κ3) is 1.93. The minimum Gasteiger partial charge on any atom is -0.398 e. The fourth-order valence-corrected chi connectivity index (χ4v) is 2.94. The van der Waals surface area contributed by atoms with E-state index in [2.05, 4.69) is 20.9 Å². The van der Waals surface area contributed by atoms with Crippen LogP contribution in [0.1, 0.15) is 21.5 Å². The first-order valence-electron chi connectivity index (χ1n) is 6.25. The van der Waals surface area contributed by atoms with Gasteiger partial charge in [0.25, 0.3) is 0 Å². The van der Waals surface area contributed by atoms with E-state index in [0.29, 0.717) is 16.8 Å². The van der Waals surface area contributed by atoms with Gasteiger partial charge < -0.3 is 10.7 Å². The molecule has 0 aliphatic carbocycles. The molecule has 0 amide bonds. The third-order valence-corrected chi connectivity index (χ3v) is 4.18. The number of aromatic nitrogens is 1. The molecule has 1 aromatic heterocycles. The number of nitrogens with one attached hydrogen (secondary N) is 1. The van der Waals surface area contributed by atoms with Crippen molar-refractivity contribution in [3.63, 3.8) is 0 Å². The van der Waals surface area contributed by atoms with Crippen LogP contribution in [0.25, 0.3) is 10.9 Å². The van der Waals surface area contributed by atoms with E-state index in [-0.39, 0.29) is 5.78 Å². The van der Waals surface area contributed by atoms with Gasteiger partial charge in [0.05, 0.1) is 0 Å². The maximum absolute atomic E-state index is 12.8. The zero-order valence-corrected chi connectivity index (χ0v) is 12.5. The summed E-state index contributed by atoms with van der Waals surface area (Å²) in [6.07, 6.45) is 1.75. The van der Waals surface area contributed by atoms with Gasteiger partial charge in [0, 0.05) is 38.4 Å². The van der Waals surface area contributed by atoms with Crippen LogP contribution in [-0.4, -0.2) is 10.8 Å². The quantitative estimate of drug-likeness (QED) is 0.550. The number of benzene rings is 2.